The lowest BCUT2D eigenvalue weighted by Crippen LogP contribution is -2.65. The van der Waals surface area contributed by atoms with Crippen molar-refractivity contribution in [2.24, 2.45) is 17.3 Å². The van der Waals surface area contributed by atoms with Gasteiger partial charge in [-0.25, -0.2) is 14.4 Å². The zero-order valence-corrected chi connectivity index (χ0v) is 41.5. The number of halogens is 1. The molecular formula is C47H65BClN5O13. The predicted molar refractivity (Wildman–Crippen MR) is 247 cm³/mol. The lowest BCUT2D eigenvalue weighted by atomic mass is 9.43. The summed E-state index contributed by atoms with van der Waals surface area (Å²) >= 11 is 6.95. The van der Waals surface area contributed by atoms with Crippen LogP contribution in [0.15, 0.2) is 30.3 Å². The number of carbonyl (C=O) groups is 6. The first-order chi connectivity index (χ1) is 31.2. The standard InChI is InChI=1S/C47H65BClN5O13/c1-25-24-53(20-19-50-43(60)65-45(5,6)7)39(56)40(57)54(25)42(59)52-35(28-17-18-30(61-11)37(63-13)34(28)49)38(55)51-33(48-66-32-23-27-22-31(46(27,8)9)47(32,10)67-48)21-26-15-14-16-29(36(26)62-12)41(58)64-44(2,3)4/h14-18,25,27,31-33,35H,19-24H2,1-13H3,(H,50,60)(H,51,55)(H,52,59)/t25?,27-,31-,32+,33-,35?,47-/m0/s1. The molecule has 3 N–H and O–H groups in total. The molecule has 5 aliphatic rings. The number of rotatable bonds is 14. The number of benzene rings is 2. The number of urea groups is 1. The molecule has 2 aromatic carbocycles. The van der Waals surface area contributed by atoms with E-state index in [0.29, 0.717) is 11.5 Å². The summed E-state index contributed by atoms with van der Waals surface area (Å²) in [6.07, 6.45) is 0.779. The number of hydrogen-bond acceptors (Lipinski definition) is 13. The Hall–Kier alpha value is -5.27. The summed E-state index contributed by atoms with van der Waals surface area (Å²) in [5.74, 6) is -3.35. The van der Waals surface area contributed by atoms with Crippen LogP contribution in [0.3, 0.4) is 0 Å². The van der Waals surface area contributed by atoms with Crippen molar-refractivity contribution in [2.45, 2.75) is 129 Å². The lowest BCUT2D eigenvalue weighted by molar-refractivity contribution is -0.199. The maximum Gasteiger partial charge on any atom is 0.482 e. The van der Waals surface area contributed by atoms with Gasteiger partial charge in [-0.05, 0) is 110 Å². The molecule has 0 spiro atoms. The van der Waals surface area contributed by atoms with Crippen molar-refractivity contribution in [1.82, 2.24) is 25.8 Å². The molecule has 2 saturated heterocycles. The van der Waals surface area contributed by atoms with Crippen LogP contribution in [-0.4, -0.2) is 129 Å². The molecule has 7 atom stereocenters. The van der Waals surface area contributed by atoms with Crippen LogP contribution in [0.5, 0.6) is 17.2 Å². The Bertz CT molecular complexity index is 2270. The number of piperazine rings is 1. The number of ether oxygens (including phenoxy) is 5. The normalized spacial score (nSPS) is 24.1. The van der Waals surface area contributed by atoms with Gasteiger partial charge in [-0.15, -0.1) is 0 Å². The Balaban J connectivity index is 1.33. The predicted octanol–water partition coefficient (Wildman–Crippen LogP) is 5.65. The molecule has 3 aliphatic carbocycles. The first-order valence-corrected chi connectivity index (χ1v) is 22.9. The molecule has 20 heteroatoms. The fraction of sp³-hybridized carbons (Fsp3) is 0.617. The van der Waals surface area contributed by atoms with Crippen LogP contribution in [0.1, 0.15) is 110 Å². The van der Waals surface area contributed by atoms with Crippen LogP contribution in [0.4, 0.5) is 9.59 Å². The zero-order chi connectivity index (χ0) is 49.6. The molecule has 18 nitrogen and oxygen atoms in total. The highest BCUT2D eigenvalue weighted by molar-refractivity contribution is 6.48. The summed E-state index contributed by atoms with van der Waals surface area (Å²) < 4.78 is 41.5. The number of nitrogens with zero attached hydrogens (tertiary/aromatic N) is 2. The van der Waals surface area contributed by atoms with Crippen molar-refractivity contribution in [3.63, 3.8) is 0 Å². The van der Waals surface area contributed by atoms with Gasteiger partial charge in [0.25, 0.3) is 0 Å². The highest BCUT2D eigenvalue weighted by Crippen LogP contribution is 2.65. The molecule has 0 radical (unpaired) electrons. The van der Waals surface area contributed by atoms with Gasteiger partial charge in [0.2, 0.25) is 5.91 Å². The van der Waals surface area contributed by atoms with Crippen LogP contribution in [0.2, 0.25) is 5.02 Å². The summed E-state index contributed by atoms with van der Waals surface area (Å²) in [6, 6.07) is 4.50. The Labute approximate surface area is 397 Å². The molecule has 0 aromatic heterocycles. The molecule has 2 unspecified atom stereocenters. The van der Waals surface area contributed by atoms with Crippen molar-refractivity contribution >= 4 is 54.5 Å². The van der Waals surface area contributed by atoms with E-state index in [1.165, 1.54) is 38.4 Å². The monoisotopic (exact) mass is 953 g/mol. The van der Waals surface area contributed by atoms with E-state index in [1.54, 1.807) is 66.7 Å². The molecule has 5 fully saturated rings. The van der Waals surface area contributed by atoms with Gasteiger partial charge >= 0.3 is 37.0 Å². The summed E-state index contributed by atoms with van der Waals surface area (Å²) in [5, 5.41) is 8.25. The van der Waals surface area contributed by atoms with E-state index in [4.69, 9.17) is 44.6 Å². The van der Waals surface area contributed by atoms with Gasteiger partial charge in [0.15, 0.2) is 11.5 Å². The van der Waals surface area contributed by atoms with E-state index in [9.17, 15) is 24.0 Å². The van der Waals surface area contributed by atoms with E-state index >= 15 is 4.79 Å². The quantitative estimate of drug-likeness (QED) is 0.119. The largest absolute Gasteiger partial charge is 0.496 e. The first-order valence-electron chi connectivity index (χ1n) is 22.6. The average Bonchev–Trinajstić information content (AvgIpc) is 3.60. The van der Waals surface area contributed by atoms with E-state index in [1.807, 2.05) is 6.92 Å². The molecule has 366 valence electrons. The smallest absolute Gasteiger partial charge is 0.482 e. The summed E-state index contributed by atoms with van der Waals surface area (Å²) in [5.41, 5.74) is -1.45. The third-order valence-electron chi connectivity index (χ3n) is 13.2. The summed E-state index contributed by atoms with van der Waals surface area (Å²) in [7, 11) is 3.20. The Morgan fingerprint density at radius 2 is 1.57 bits per heavy atom. The van der Waals surface area contributed by atoms with Gasteiger partial charge < -0.3 is 53.8 Å². The Morgan fingerprint density at radius 3 is 2.18 bits per heavy atom. The number of esters is 1. The highest BCUT2D eigenvalue weighted by atomic mass is 35.5. The molecule has 67 heavy (non-hydrogen) atoms. The number of carbonyl (C=O) groups excluding carboxylic acids is 6. The fourth-order valence-corrected chi connectivity index (χ4v) is 10.2. The molecule has 2 aliphatic heterocycles. The van der Waals surface area contributed by atoms with Crippen molar-refractivity contribution < 1.29 is 61.8 Å². The number of amides is 6. The molecule has 6 amide bonds. The fourth-order valence-electron chi connectivity index (χ4n) is 9.89. The molecule has 2 heterocycles. The second kappa shape index (κ2) is 19.4. The third kappa shape index (κ3) is 10.6. The van der Waals surface area contributed by atoms with E-state index in [0.717, 1.165) is 17.7 Å². The van der Waals surface area contributed by atoms with Gasteiger partial charge in [-0.1, -0.05) is 43.6 Å². The molecule has 2 bridgehead atoms. The molecular weight excluding hydrogens is 889 g/mol. The van der Waals surface area contributed by atoms with Gasteiger partial charge in [-0.2, -0.15) is 0 Å². The zero-order valence-electron chi connectivity index (χ0n) is 40.8. The van der Waals surface area contributed by atoms with Crippen molar-refractivity contribution in [3.8, 4) is 17.2 Å². The van der Waals surface area contributed by atoms with Crippen LogP contribution in [0, 0.1) is 17.3 Å². The minimum atomic E-state index is -1.62. The second-order valence-electron chi connectivity index (χ2n) is 20.4. The van der Waals surface area contributed by atoms with Gasteiger partial charge in [0.1, 0.15) is 28.6 Å². The summed E-state index contributed by atoms with van der Waals surface area (Å²) in [6.45, 7) is 18.4. The Kier molecular flexibility index (Phi) is 14.8. The molecule has 3 saturated carbocycles. The maximum absolute atomic E-state index is 15.1. The molecule has 7 rings (SSSR count). The van der Waals surface area contributed by atoms with Gasteiger partial charge in [-0.3, -0.25) is 19.3 Å². The number of alkyl carbamates (subject to hydrolysis) is 1. The minimum Gasteiger partial charge on any atom is -0.496 e. The van der Waals surface area contributed by atoms with E-state index in [2.05, 4.69) is 29.8 Å². The first kappa shape index (κ1) is 51.1. The SMILES string of the molecule is COc1ccc(C(NC(=O)N2C(=O)C(=O)N(CCNC(=O)OC(C)(C)C)CC2C)C(=O)N[C@@H](Cc2cccc(C(=O)OC(C)(C)C)c2OC)B2O[C@@H]3C[C@@H]4C[C@@H](C4(C)C)[C@]3(C)O2)c(Cl)c1OC. The number of methoxy groups -OCH3 is 3. The lowest BCUT2D eigenvalue weighted by Gasteiger charge is -2.64. The second-order valence-corrected chi connectivity index (χ2v) is 20.8. The number of imide groups is 1. The van der Waals surface area contributed by atoms with E-state index in [-0.39, 0.29) is 76.9 Å². The van der Waals surface area contributed by atoms with E-state index < -0.39 is 77.8 Å². The van der Waals surface area contributed by atoms with Crippen LogP contribution in [0.25, 0.3) is 0 Å². The highest BCUT2D eigenvalue weighted by Gasteiger charge is 2.68. The average molecular weight is 954 g/mol. The third-order valence-corrected chi connectivity index (χ3v) is 13.6. The topological polar surface area (TPSA) is 210 Å². The summed E-state index contributed by atoms with van der Waals surface area (Å²) in [4.78, 5) is 84.4. The number of nitrogens with one attached hydrogen (secondary N) is 3. The minimum absolute atomic E-state index is 0.00513. The van der Waals surface area contributed by atoms with Gasteiger partial charge in [0.05, 0.1) is 50.0 Å². The Morgan fingerprint density at radius 1 is 0.896 bits per heavy atom. The van der Waals surface area contributed by atoms with Crippen LogP contribution >= 0.6 is 11.6 Å². The van der Waals surface area contributed by atoms with Crippen LogP contribution in [-0.2, 0) is 39.6 Å². The van der Waals surface area contributed by atoms with Crippen molar-refractivity contribution in [1.29, 1.82) is 0 Å². The maximum atomic E-state index is 15.1. The number of para-hydroxylation sites is 1. The van der Waals surface area contributed by atoms with Gasteiger partial charge in [0, 0.05) is 25.2 Å². The number of hydrogen-bond donors (Lipinski definition) is 3. The van der Waals surface area contributed by atoms with Crippen LogP contribution < -0.4 is 30.2 Å². The van der Waals surface area contributed by atoms with Crippen molar-refractivity contribution in [3.05, 3.63) is 52.0 Å². The molecule has 2 aromatic rings. The van der Waals surface area contributed by atoms with Crippen molar-refractivity contribution in [2.75, 3.05) is 41.0 Å².